The predicted molar refractivity (Wildman–Crippen MR) is 111 cm³/mol. The Bertz CT molecular complexity index is 833. The van der Waals surface area contributed by atoms with Crippen molar-refractivity contribution in [2.45, 2.75) is 51.1 Å². The van der Waals surface area contributed by atoms with Crippen molar-refractivity contribution in [2.75, 3.05) is 11.6 Å². The van der Waals surface area contributed by atoms with E-state index in [-0.39, 0.29) is 12.1 Å². The van der Waals surface area contributed by atoms with Crippen LogP contribution in [-0.4, -0.2) is 12.2 Å². The normalized spacial score (nSPS) is 22.2. The van der Waals surface area contributed by atoms with Crippen molar-refractivity contribution in [1.29, 1.82) is 0 Å². The summed E-state index contributed by atoms with van der Waals surface area (Å²) in [6, 6.07) is 8.41. The van der Waals surface area contributed by atoms with Gasteiger partial charge in [0.25, 0.3) is 5.91 Å². The van der Waals surface area contributed by atoms with Gasteiger partial charge in [0.2, 0.25) is 0 Å². The molecule has 3 nitrogen and oxygen atoms in total. The zero-order valence-electron chi connectivity index (χ0n) is 15.8. The Kier molecular flexibility index (Phi) is 4.56. The number of amides is 1. The SMILES string of the molecule is CSc1ccc([C@@H]2NC(=O)c3c(sc4c3CC[C@@H](C(C)(C)C)C4)N2)cc1. The summed E-state index contributed by atoms with van der Waals surface area (Å²) in [5, 5.41) is 7.77. The zero-order valence-corrected chi connectivity index (χ0v) is 17.4. The lowest BCUT2D eigenvalue weighted by molar-refractivity contribution is 0.0935. The van der Waals surface area contributed by atoms with Crippen LogP contribution in [0.5, 0.6) is 0 Å². The molecule has 2 N–H and O–H groups in total. The number of carbonyl (C=O) groups is 1. The van der Waals surface area contributed by atoms with Crippen LogP contribution in [0.2, 0.25) is 0 Å². The predicted octanol–water partition coefficient (Wildman–Crippen LogP) is 5.48. The number of thiophene rings is 1. The van der Waals surface area contributed by atoms with Crippen LogP contribution in [0, 0.1) is 11.3 Å². The van der Waals surface area contributed by atoms with Crippen molar-refractivity contribution >= 4 is 34.0 Å². The van der Waals surface area contributed by atoms with Gasteiger partial charge in [0.05, 0.1) is 5.56 Å². The van der Waals surface area contributed by atoms with Crippen molar-refractivity contribution < 1.29 is 4.79 Å². The molecule has 0 saturated heterocycles. The van der Waals surface area contributed by atoms with Gasteiger partial charge < -0.3 is 10.6 Å². The number of nitrogens with one attached hydrogen (secondary N) is 2. The molecule has 26 heavy (non-hydrogen) atoms. The Morgan fingerprint density at radius 3 is 2.54 bits per heavy atom. The molecule has 1 aliphatic carbocycles. The highest BCUT2D eigenvalue weighted by atomic mass is 32.2. The fourth-order valence-corrected chi connectivity index (χ4v) is 5.76. The molecule has 0 fully saturated rings. The molecule has 1 aliphatic heterocycles. The molecule has 4 rings (SSSR count). The molecule has 1 aromatic heterocycles. The monoisotopic (exact) mass is 386 g/mol. The number of hydrogen-bond donors (Lipinski definition) is 2. The highest BCUT2D eigenvalue weighted by molar-refractivity contribution is 7.98. The lowest BCUT2D eigenvalue weighted by Gasteiger charge is -2.34. The second-order valence-electron chi connectivity index (χ2n) is 8.34. The van der Waals surface area contributed by atoms with E-state index < -0.39 is 0 Å². The van der Waals surface area contributed by atoms with E-state index >= 15 is 0 Å². The summed E-state index contributed by atoms with van der Waals surface area (Å²) < 4.78 is 0. The highest BCUT2D eigenvalue weighted by Gasteiger charge is 2.36. The van der Waals surface area contributed by atoms with E-state index in [4.69, 9.17) is 0 Å². The van der Waals surface area contributed by atoms with Crippen LogP contribution in [0.1, 0.15) is 59.7 Å². The van der Waals surface area contributed by atoms with Crippen molar-refractivity contribution in [1.82, 2.24) is 5.32 Å². The molecular weight excluding hydrogens is 360 g/mol. The van der Waals surface area contributed by atoms with Gasteiger partial charge in [-0.15, -0.1) is 23.1 Å². The summed E-state index contributed by atoms with van der Waals surface area (Å²) in [7, 11) is 0. The Hall–Kier alpha value is -1.46. The third kappa shape index (κ3) is 3.16. The average molecular weight is 387 g/mol. The van der Waals surface area contributed by atoms with Crippen molar-refractivity contribution in [3.8, 4) is 0 Å². The van der Waals surface area contributed by atoms with Gasteiger partial charge in [0.15, 0.2) is 0 Å². The number of thioether (sulfide) groups is 1. The van der Waals surface area contributed by atoms with Gasteiger partial charge in [-0.3, -0.25) is 4.79 Å². The topological polar surface area (TPSA) is 41.1 Å². The minimum absolute atomic E-state index is 0.0735. The van der Waals surface area contributed by atoms with Crippen molar-refractivity contribution in [3.05, 3.63) is 45.8 Å². The molecule has 0 bridgehead atoms. The Balaban J connectivity index is 1.62. The molecule has 2 aliphatic rings. The van der Waals surface area contributed by atoms with E-state index in [1.165, 1.54) is 21.8 Å². The fraction of sp³-hybridized carbons (Fsp3) is 0.476. The number of anilines is 1. The Labute approximate surface area is 164 Å². The molecule has 2 aromatic rings. The molecule has 2 atom stereocenters. The molecular formula is C21H26N2OS2. The summed E-state index contributed by atoms with van der Waals surface area (Å²) in [5.74, 6) is 0.762. The lowest BCUT2D eigenvalue weighted by atomic mass is 9.72. The lowest BCUT2D eigenvalue weighted by Crippen LogP contribution is -2.38. The van der Waals surface area contributed by atoms with E-state index in [0.717, 1.165) is 29.0 Å². The number of carbonyl (C=O) groups excluding carboxylic acids is 1. The minimum Gasteiger partial charge on any atom is -0.353 e. The average Bonchev–Trinajstić information content (AvgIpc) is 2.99. The Morgan fingerprint density at radius 1 is 1.15 bits per heavy atom. The Morgan fingerprint density at radius 2 is 1.88 bits per heavy atom. The number of benzene rings is 1. The fourth-order valence-electron chi connectivity index (χ4n) is 4.00. The zero-order chi connectivity index (χ0) is 18.5. The van der Waals surface area contributed by atoms with Crippen LogP contribution in [0.25, 0.3) is 0 Å². The molecule has 2 heterocycles. The first-order chi connectivity index (χ1) is 12.4. The van der Waals surface area contributed by atoms with E-state index in [9.17, 15) is 4.79 Å². The van der Waals surface area contributed by atoms with E-state index in [1.807, 2.05) is 0 Å². The summed E-state index contributed by atoms with van der Waals surface area (Å²) in [6.07, 6.45) is 5.21. The summed E-state index contributed by atoms with van der Waals surface area (Å²) in [4.78, 5) is 15.5. The van der Waals surface area contributed by atoms with E-state index in [2.05, 4.69) is 61.9 Å². The van der Waals surface area contributed by atoms with Gasteiger partial charge in [0.1, 0.15) is 11.2 Å². The van der Waals surface area contributed by atoms with Gasteiger partial charge >= 0.3 is 0 Å². The molecule has 1 aromatic carbocycles. The van der Waals surface area contributed by atoms with E-state index in [0.29, 0.717) is 11.3 Å². The third-order valence-corrected chi connectivity index (χ3v) is 7.65. The molecule has 0 unspecified atom stereocenters. The first kappa shape index (κ1) is 17.9. The van der Waals surface area contributed by atoms with Gasteiger partial charge in [-0.1, -0.05) is 32.9 Å². The maximum atomic E-state index is 12.9. The summed E-state index contributed by atoms with van der Waals surface area (Å²) >= 11 is 3.52. The second kappa shape index (κ2) is 6.61. The number of hydrogen-bond acceptors (Lipinski definition) is 4. The van der Waals surface area contributed by atoms with Crippen LogP contribution in [0.3, 0.4) is 0 Å². The van der Waals surface area contributed by atoms with Crippen LogP contribution >= 0.6 is 23.1 Å². The maximum absolute atomic E-state index is 12.9. The number of rotatable bonds is 2. The quantitative estimate of drug-likeness (QED) is 0.672. The van der Waals surface area contributed by atoms with Crippen molar-refractivity contribution in [2.24, 2.45) is 11.3 Å². The van der Waals surface area contributed by atoms with Crippen LogP contribution in [0.15, 0.2) is 29.2 Å². The van der Waals surface area contributed by atoms with Crippen LogP contribution < -0.4 is 10.6 Å². The largest absolute Gasteiger partial charge is 0.353 e. The highest BCUT2D eigenvalue weighted by Crippen LogP contribution is 2.46. The molecule has 1 amide bonds. The standard InChI is InChI=1S/C21H26N2OS2/c1-21(2,3)13-7-10-15-16(11-13)26-20-17(15)19(24)22-18(23-20)12-5-8-14(25-4)9-6-12/h5-6,8-9,13,18,23H,7,10-11H2,1-4H3,(H,22,24)/t13-,18-/m1/s1. The molecule has 0 radical (unpaired) electrons. The number of fused-ring (bicyclic) bond motifs is 3. The minimum atomic E-state index is -0.149. The molecule has 0 spiro atoms. The smallest absolute Gasteiger partial charge is 0.256 e. The third-order valence-electron chi connectivity index (χ3n) is 5.72. The molecule has 5 heteroatoms. The maximum Gasteiger partial charge on any atom is 0.256 e. The summed E-state index contributed by atoms with van der Waals surface area (Å²) in [5.41, 5.74) is 3.60. The molecule has 0 saturated carbocycles. The first-order valence-corrected chi connectivity index (χ1v) is 11.3. The van der Waals surface area contributed by atoms with Gasteiger partial charge in [-0.25, -0.2) is 0 Å². The van der Waals surface area contributed by atoms with Crippen molar-refractivity contribution in [3.63, 3.8) is 0 Å². The van der Waals surface area contributed by atoms with Gasteiger partial charge in [-0.05, 0) is 60.1 Å². The van der Waals surface area contributed by atoms with E-state index in [1.54, 1.807) is 23.1 Å². The second-order valence-corrected chi connectivity index (χ2v) is 10.3. The van der Waals surface area contributed by atoms with Gasteiger partial charge in [0, 0.05) is 9.77 Å². The summed E-state index contributed by atoms with van der Waals surface area (Å²) in [6.45, 7) is 6.99. The van der Waals surface area contributed by atoms with Gasteiger partial charge in [-0.2, -0.15) is 0 Å². The van der Waals surface area contributed by atoms with Crippen LogP contribution in [0.4, 0.5) is 5.00 Å². The van der Waals surface area contributed by atoms with Crippen LogP contribution in [-0.2, 0) is 12.8 Å². The molecule has 138 valence electrons. The first-order valence-electron chi connectivity index (χ1n) is 9.22.